The summed E-state index contributed by atoms with van der Waals surface area (Å²) in [6.45, 7) is 0.209. The number of aromatic nitrogens is 2. The number of nitrogens with zero attached hydrogens (tertiary/aromatic N) is 3. The molecule has 1 aliphatic rings. The van der Waals surface area contributed by atoms with Gasteiger partial charge >= 0.3 is 5.97 Å². The van der Waals surface area contributed by atoms with Crippen molar-refractivity contribution in [2.75, 3.05) is 18.0 Å². The van der Waals surface area contributed by atoms with Crippen molar-refractivity contribution in [1.29, 1.82) is 0 Å². The van der Waals surface area contributed by atoms with Crippen molar-refractivity contribution in [3.63, 3.8) is 0 Å². The number of carboxylic acids is 1. The fraction of sp³-hybridized carbons (Fsp3) is 0.211. The van der Waals surface area contributed by atoms with Gasteiger partial charge in [-0.3, -0.25) is 9.36 Å². The van der Waals surface area contributed by atoms with Crippen LogP contribution in [0.3, 0.4) is 0 Å². The number of hydrogen-bond acceptors (Lipinski definition) is 6. The van der Waals surface area contributed by atoms with Gasteiger partial charge in [0, 0.05) is 24.3 Å². The minimum Gasteiger partial charge on any atom is -0.477 e. The second kappa shape index (κ2) is 7.51. The van der Waals surface area contributed by atoms with Crippen LogP contribution >= 0.6 is 23.2 Å². The zero-order chi connectivity index (χ0) is 21.7. The number of fused-ring (bicyclic) bond motifs is 1. The summed E-state index contributed by atoms with van der Waals surface area (Å²) in [5.74, 6) is -2.02. The Kier molecular flexibility index (Phi) is 5.15. The highest BCUT2D eigenvalue weighted by atomic mass is 35.5. The maximum atomic E-state index is 14.7. The molecule has 1 saturated heterocycles. The van der Waals surface area contributed by atoms with E-state index < -0.39 is 35.0 Å². The topological polar surface area (TPSA) is 116 Å². The Hall–Kier alpha value is -2.72. The Labute approximate surface area is 178 Å². The average molecular weight is 454 g/mol. The molecule has 0 amide bonds. The fourth-order valence-corrected chi connectivity index (χ4v) is 3.97. The Morgan fingerprint density at radius 1 is 1.17 bits per heavy atom. The number of pyridine rings is 2. The third-order valence-electron chi connectivity index (χ3n) is 4.87. The van der Waals surface area contributed by atoms with E-state index in [1.807, 2.05) is 0 Å². The summed E-state index contributed by atoms with van der Waals surface area (Å²) in [5.41, 5.74) is -1.64. The minimum absolute atomic E-state index is 0.0403. The first-order valence-corrected chi connectivity index (χ1v) is 9.48. The molecule has 1 aromatic carbocycles. The number of halogens is 3. The minimum atomic E-state index is -1.49. The first-order chi connectivity index (χ1) is 14.2. The molecule has 4 rings (SSSR count). The number of rotatable bonds is 3. The Bertz CT molecular complexity index is 1220. The lowest BCUT2D eigenvalue weighted by Crippen LogP contribution is -2.24. The van der Waals surface area contributed by atoms with Crippen LogP contribution in [0, 0.1) is 5.82 Å². The molecule has 0 bridgehead atoms. The van der Waals surface area contributed by atoms with Crippen LogP contribution in [0.2, 0.25) is 10.0 Å². The third kappa shape index (κ3) is 3.39. The molecule has 156 valence electrons. The molecular formula is C19H14Cl2FN3O5. The molecule has 2 atom stereocenters. The highest BCUT2D eigenvalue weighted by molar-refractivity contribution is 6.35. The Morgan fingerprint density at radius 2 is 1.83 bits per heavy atom. The highest BCUT2D eigenvalue weighted by Crippen LogP contribution is 2.30. The lowest BCUT2D eigenvalue weighted by molar-refractivity contribution is 0.0572. The molecule has 0 spiro atoms. The number of carbonyl (C=O) groups is 1. The van der Waals surface area contributed by atoms with Crippen molar-refractivity contribution in [3.05, 3.63) is 62.1 Å². The number of anilines is 1. The molecule has 3 heterocycles. The fourth-order valence-electron chi connectivity index (χ4n) is 3.41. The van der Waals surface area contributed by atoms with Gasteiger partial charge in [-0.25, -0.2) is 14.2 Å². The predicted molar refractivity (Wildman–Crippen MR) is 109 cm³/mol. The zero-order valence-electron chi connectivity index (χ0n) is 15.1. The van der Waals surface area contributed by atoms with Crippen LogP contribution < -0.4 is 10.3 Å². The first-order valence-electron chi connectivity index (χ1n) is 8.73. The van der Waals surface area contributed by atoms with Crippen molar-refractivity contribution in [2.45, 2.75) is 12.2 Å². The van der Waals surface area contributed by atoms with Crippen LogP contribution in [-0.4, -0.2) is 56.1 Å². The van der Waals surface area contributed by atoms with E-state index in [4.69, 9.17) is 23.2 Å². The molecule has 0 aliphatic carbocycles. The van der Waals surface area contributed by atoms with E-state index in [2.05, 4.69) is 4.98 Å². The van der Waals surface area contributed by atoms with Crippen molar-refractivity contribution in [2.24, 2.45) is 0 Å². The van der Waals surface area contributed by atoms with E-state index in [0.29, 0.717) is 5.82 Å². The largest absolute Gasteiger partial charge is 0.477 e. The monoisotopic (exact) mass is 453 g/mol. The number of aliphatic hydroxyl groups is 2. The van der Waals surface area contributed by atoms with Gasteiger partial charge in [0.25, 0.3) is 0 Å². The number of aromatic carboxylic acids is 1. The van der Waals surface area contributed by atoms with Gasteiger partial charge < -0.3 is 20.2 Å². The van der Waals surface area contributed by atoms with Gasteiger partial charge in [-0.15, -0.1) is 0 Å². The molecule has 11 heteroatoms. The maximum absolute atomic E-state index is 14.7. The number of hydrogen-bond donors (Lipinski definition) is 3. The summed E-state index contributed by atoms with van der Waals surface area (Å²) in [6, 6.07) is 5.11. The van der Waals surface area contributed by atoms with Gasteiger partial charge in [-0.2, -0.15) is 0 Å². The molecule has 1 fully saturated rings. The predicted octanol–water partition coefficient (Wildman–Crippen LogP) is 2.07. The van der Waals surface area contributed by atoms with Crippen molar-refractivity contribution in [3.8, 4) is 5.69 Å². The van der Waals surface area contributed by atoms with Crippen molar-refractivity contribution in [1.82, 2.24) is 9.55 Å². The zero-order valence-corrected chi connectivity index (χ0v) is 16.6. The molecule has 8 nitrogen and oxygen atoms in total. The van der Waals surface area contributed by atoms with Crippen LogP contribution in [0.5, 0.6) is 0 Å². The molecule has 2 aromatic heterocycles. The second-order valence-electron chi connectivity index (χ2n) is 6.85. The van der Waals surface area contributed by atoms with E-state index in [1.165, 1.54) is 18.2 Å². The van der Waals surface area contributed by atoms with Gasteiger partial charge in [-0.05, 0) is 24.3 Å². The van der Waals surface area contributed by atoms with E-state index in [-0.39, 0.29) is 39.9 Å². The molecule has 0 radical (unpaired) electrons. The van der Waals surface area contributed by atoms with Crippen molar-refractivity contribution < 1.29 is 24.5 Å². The molecule has 0 saturated carbocycles. The summed E-state index contributed by atoms with van der Waals surface area (Å²) >= 11 is 12.0. The van der Waals surface area contributed by atoms with Gasteiger partial charge in [0.05, 0.1) is 22.6 Å². The summed E-state index contributed by atoms with van der Waals surface area (Å²) in [5, 5.41) is 28.9. The van der Waals surface area contributed by atoms with Gasteiger partial charge in [0.1, 0.15) is 22.9 Å². The summed E-state index contributed by atoms with van der Waals surface area (Å²) in [4.78, 5) is 30.2. The van der Waals surface area contributed by atoms with E-state index in [9.17, 15) is 29.3 Å². The van der Waals surface area contributed by atoms with E-state index in [1.54, 1.807) is 4.90 Å². The van der Waals surface area contributed by atoms with E-state index >= 15 is 0 Å². The number of aliphatic hydroxyl groups excluding tert-OH is 2. The third-order valence-corrected chi connectivity index (χ3v) is 5.38. The number of carboxylic acid groups (broad SMARTS) is 1. The highest BCUT2D eigenvalue weighted by Gasteiger charge is 2.31. The lowest BCUT2D eigenvalue weighted by Gasteiger charge is -2.19. The van der Waals surface area contributed by atoms with Gasteiger partial charge in [-0.1, -0.05) is 23.2 Å². The van der Waals surface area contributed by atoms with Crippen LogP contribution in [-0.2, 0) is 0 Å². The SMILES string of the molecule is O=C(O)c1cn(-c2c(F)cc(Cl)cc2Cl)c2nc(N3C[C@@H](O)[C@H](O)C3)ccc2c1=O. The lowest BCUT2D eigenvalue weighted by atomic mass is 10.1. The Morgan fingerprint density at radius 3 is 2.43 bits per heavy atom. The van der Waals surface area contributed by atoms with Gasteiger partial charge in [0.2, 0.25) is 5.43 Å². The van der Waals surface area contributed by atoms with Crippen LogP contribution in [0.25, 0.3) is 16.7 Å². The number of β-amino-alcohol motifs (C(OH)–C–C–N with tert-alkyl or cyclic N) is 2. The van der Waals surface area contributed by atoms with E-state index in [0.717, 1.165) is 16.8 Å². The standard InChI is InChI=1S/C19H14Cl2FN3O5/c20-8-3-11(21)16(12(22)4-8)25-5-10(19(29)30)17(28)9-1-2-15(23-18(9)25)24-6-13(26)14(27)7-24/h1-5,13-14,26-27H,6-7H2,(H,29,30)/t13-,14-/m1/s1. The number of benzene rings is 1. The second-order valence-corrected chi connectivity index (χ2v) is 7.69. The van der Waals surface area contributed by atoms with Crippen LogP contribution in [0.4, 0.5) is 10.2 Å². The van der Waals surface area contributed by atoms with Crippen molar-refractivity contribution >= 4 is 46.0 Å². The normalized spacial score (nSPS) is 18.9. The Balaban J connectivity index is 2.02. The maximum Gasteiger partial charge on any atom is 0.341 e. The summed E-state index contributed by atoms with van der Waals surface area (Å²) in [7, 11) is 0. The molecule has 1 aliphatic heterocycles. The molecular weight excluding hydrogens is 440 g/mol. The van der Waals surface area contributed by atoms with Crippen LogP contribution in [0.15, 0.2) is 35.3 Å². The smallest absolute Gasteiger partial charge is 0.341 e. The molecule has 3 N–H and O–H groups in total. The molecule has 3 aromatic rings. The molecule has 0 unspecified atom stereocenters. The van der Waals surface area contributed by atoms with Gasteiger partial charge in [0.15, 0.2) is 5.65 Å². The quantitative estimate of drug-likeness (QED) is 0.555. The van der Waals surface area contributed by atoms with Crippen LogP contribution in [0.1, 0.15) is 10.4 Å². The molecule has 30 heavy (non-hydrogen) atoms. The summed E-state index contributed by atoms with van der Waals surface area (Å²) in [6.07, 6.45) is -0.986. The first kappa shape index (κ1) is 20.5. The summed E-state index contributed by atoms with van der Waals surface area (Å²) < 4.78 is 15.8. The average Bonchev–Trinajstić information content (AvgIpc) is 3.01.